The van der Waals surface area contributed by atoms with E-state index in [4.69, 9.17) is 0 Å². The van der Waals surface area contributed by atoms with E-state index in [0.717, 1.165) is 12.0 Å². The number of hydrogen-bond acceptors (Lipinski definition) is 0. The van der Waals surface area contributed by atoms with Crippen LogP contribution in [0.4, 0.5) is 0 Å². The summed E-state index contributed by atoms with van der Waals surface area (Å²) in [4.78, 5) is 0. The second kappa shape index (κ2) is 3.21. The predicted octanol–water partition coefficient (Wildman–Crippen LogP) is 0.758. The molecule has 1 saturated heterocycles. The summed E-state index contributed by atoms with van der Waals surface area (Å²) in [6, 6.07) is 0.954. The minimum Gasteiger partial charge on any atom is -0.344 e. The van der Waals surface area contributed by atoms with Crippen molar-refractivity contribution in [1.82, 2.24) is 0 Å². The normalized spacial score (nSPS) is 30.7. The van der Waals surface area contributed by atoms with Gasteiger partial charge in [-0.25, -0.2) is 0 Å². The van der Waals surface area contributed by atoms with Gasteiger partial charge >= 0.3 is 0 Å². The monoisotopic (exact) mass is 128 g/mol. The average molecular weight is 128 g/mol. The van der Waals surface area contributed by atoms with Gasteiger partial charge in [-0.05, 0) is 6.42 Å². The van der Waals surface area contributed by atoms with Crippen molar-refractivity contribution in [2.45, 2.75) is 39.2 Å². The lowest BCUT2D eigenvalue weighted by molar-refractivity contribution is -0.676. The van der Waals surface area contributed by atoms with Gasteiger partial charge in [-0.15, -0.1) is 0 Å². The van der Waals surface area contributed by atoms with Crippen LogP contribution in [-0.2, 0) is 0 Å². The first-order valence-corrected chi connectivity index (χ1v) is 4.18. The zero-order chi connectivity index (χ0) is 6.69. The minimum atomic E-state index is 0.937. The first kappa shape index (κ1) is 7.07. The summed E-state index contributed by atoms with van der Waals surface area (Å²) < 4.78 is 0. The molecular formula is C8H18N+. The molecule has 0 saturated carbocycles. The molecule has 9 heavy (non-hydrogen) atoms. The largest absolute Gasteiger partial charge is 0.344 e. The van der Waals surface area contributed by atoms with E-state index in [2.05, 4.69) is 19.2 Å². The lowest BCUT2D eigenvalue weighted by atomic mass is 9.98. The molecule has 1 heteroatoms. The Kier molecular flexibility index (Phi) is 2.52. The molecule has 0 bridgehead atoms. The van der Waals surface area contributed by atoms with E-state index < -0.39 is 0 Å². The summed E-state index contributed by atoms with van der Waals surface area (Å²) in [5, 5.41) is 2.51. The average Bonchev–Trinajstić information content (AvgIpc) is 2.37. The Morgan fingerprint density at radius 3 is 2.89 bits per heavy atom. The van der Waals surface area contributed by atoms with Crippen LogP contribution in [0.15, 0.2) is 0 Å². The Hall–Kier alpha value is -0.0400. The van der Waals surface area contributed by atoms with Crippen LogP contribution in [0, 0.1) is 5.92 Å². The Balaban J connectivity index is 2.24. The molecule has 1 nitrogen and oxygen atoms in total. The fourth-order valence-electron chi connectivity index (χ4n) is 1.62. The van der Waals surface area contributed by atoms with Crippen LogP contribution >= 0.6 is 0 Å². The zero-order valence-corrected chi connectivity index (χ0v) is 6.56. The van der Waals surface area contributed by atoms with E-state index >= 15 is 0 Å². The molecule has 0 amide bonds. The molecule has 2 N–H and O–H groups in total. The van der Waals surface area contributed by atoms with Crippen molar-refractivity contribution in [2.75, 3.05) is 6.54 Å². The van der Waals surface area contributed by atoms with Gasteiger partial charge in [-0.2, -0.15) is 0 Å². The molecule has 1 aliphatic heterocycles. The quantitative estimate of drug-likeness (QED) is 0.565. The van der Waals surface area contributed by atoms with Crippen molar-refractivity contribution in [3.8, 4) is 0 Å². The molecule has 1 fully saturated rings. The third kappa shape index (κ3) is 1.68. The standard InChI is InChI=1S/C8H17N/c1-3-7(2)8-5-4-6-9-8/h7-9H,3-6H2,1-2H3/p+1/t7-,8-/m0/s1. The van der Waals surface area contributed by atoms with E-state index in [1.807, 2.05) is 0 Å². The SMILES string of the molecule is CC[C@H](C)[C@@H]1CCC[NH2+]1. The van der Waals surface area contributed by atoms with Crippen molar-refractivity contribution in [3.05, 3.63) is 0 Å². The molecule has 2 atom stereocenters. The summed E-state index contributed by atoms with van der Waals surface area (Å²) in [5.74, 6) is 0.937. The lowest BCUT2D eigenvalue weighted by Crippen LogP contribution is -2.87. The highest BCUT2D eigenvalue weighted by atomic mass is 14.9. The smallest absolute Gasteiger partial charge is 0.0886 e. The maximum Gasteiger partial charge on any atom is 0.0886 e. The van der Waals surface area contributed by atoms with E-state index in [9.17, 15) is 0 Å². The molecule has 0 aromatic heterocycles. The van der Waals surface area contributed by atoms with Crippen LogP contribution < -0.4 is 5.32 Å². The fraction of sp³-hybridized carbons (Fsp3) is 1.00. The number of hydrogen-bond donors (Lipinski definition) is 1. The topological polar surface area (TPSA) is 16.6 Å². The summed E-state index contributed by atoms with van der Waals surface area (Å²) in [6.45, 7) is 6.03. The van der Waals surface area contributed by atoms with Crippen LogP contribution in [0.25, 0.3) is 0 Å². The van der Waals surface area contributed by atoms with Gasteiger partial charge in [0.2, 0.25) is 0 Å². The highest BCUT2D eigenvalue weighted by molar-refractivity contribution is 4.65. The lowest BCUT2D eigenvalue weighted by Gasteiger charge is -2.13. The van der Waals surface area contributed by atoms with Gasteiger partial charge in [0.25, 0.3) is 0 Å². The summed E-state index contributed by atoms with van der Waals surface area (Å²) in [5.41, 5.74) is 0. The molecule has 0 aromatic rings. The second-order valence-corrected chi connectivity index (χ2v) is 3.22. The summed E-state index contributed by atoms with van der Waals surface area (Å²) >= 11 is 0. The van der Waals surface area contributed by atoms with Crippen LogP contribution in [0.2, 0.25) is 0 Å². The molecule has 0 spiro atoms. The van der Waals surface area contributed by atoms with E-state index in [1.165, 1.54) is 25.8 Å². The van der Waals surface area contributed by atoms with Crippen molar-refractivity contribution in [2.24, 2.45) is 5.92 Å². The third-order valence-electron chi connectivity index (χ3n) is 2.59. The molecule has 0 unspecified atom stereocenters. The van der Waals surface area contributed by atoms with Gasteiger partial charge < -0.3 is 5.32 Å². The van der Waals surface area contributed by atoms with Gasteiger partial charge in [0.1, 0.15) is 0 Å². The van der Waals surface area contributed by atoms with Crippen molar-refractivity contribution in [3.63, 3.8) is 0 Å². The van der Waals surface area contributed by atoms with E-state index in [0.29, 0.717) is 0 Å². The Morgan fingerprint density at radius 1 is 1.67 bits per heavy atom. The maximum atomic E-state index is 2.51. The van der Waals surface area contributed by atoms with E-state index in [-0.39, 0.29) is 0 Å². The number of nitrogens with two attached hydrogens (primary N) is 1. The highest BCUT2D eigenvalue weighted by Gasteiger charge is 2.22. The van der Waals surface area contributed by atoms with E-state index in [1.54, 1.807) is 0 Å². The fourth-order valence-corrected chi connectivity index (χ4v) is 1.62. The van der Waals surface area contributed by atoms with Crippen LogP contribution in [-0.4, -0.2) is 12.6 Å². The first-order chi connectivity index (χ1) is 4.34. The zero-order valence-electron chi connectivity index (χ0n) is 6.56. The first-order valence-electron chi connectivity index (χ1n) is 4.18. The predicted molar refractivity (Wildman–Crippen MR) is 39.3 cm³/mol. The molecule has 1 heterocycles. The molecule has 1 aliphatic rings. The molecular weight excluding hydrogens is 110 g/mol. The van der Waals surface area contributed by atoms with Crippen molar-refractivity contribution in [1.29, 1.82) is 0 Å². The van der Waals surface area contributed by atoms with Crippen molar-refractivity contribution < 1.29 is 5.32 Å². The summed E-state index contributed by atoms with van der Waals surface area (Å²) in [6.07, 6.45) is 4.24. The second-order valence-electron chi connectivity index (χ2n) is 3.22. The van der Waals surface area contributed by atoms with Gasteiger partial charge in [-0.1, -0.05) is 13.8 Å². The molecule has 0 aliphatic carbocycles. The van der Waals surface area contributed by atoms with Gasteiger partial charge in [0, 0.05) is 18.8 Å². The number of quaternary nitrogens is 1. The van der Waals surface area contributed by atoms with Gasteiger partial charge in [0.05, 0.1) is 12.6 Å². The molecule has 1 rings (SSSR count). The maximum absolute atomic E-state index is 2.51. The van der Waals surface area contributed by atoms with Gasteiger partial charge in [-0.3, -0.25) is 0 Å². The molecule has 0 radical (unpaired) electrons. The Bertz CT molecular complexity index is 74.6. The Morgan fingerprint density at radius 2 is 2.44 bits per heavy atom. The van der Waals surface area contributed by atoms with Crippen LogP contribution in [0.5, 0.6) is 0 Å². The molecule has 54 valence electrons. The van der Waals surface area contributed by atoms with Crippen molar-refractivity contribution >= 4 is 0 Å². The summed E-state index contributed by atoms with van der Waals surface area (Å²) in [7, 11) is 0. The van der Waals surface area contributed by atoms with Crippen LogP contribution in [0.1, 0.15) is 33.1 Å². The van der Waals surface area contributed by atoms with Gasteiger partial charge in [0.15, 0.2) is 0 Å². The van der Waals surface area contributed by atoms with Crippen LogP contribution in [0.3, 0.4) is 0 Å². The highest BCUT2D eigenvalue weighted by Crippen LogP contribution is 2.11. The minimum absolute atomic E-state index is 0.937. The Labute approximate surface area is 57.8 Å². The third-order valence-corrected chi connectivity index (χ3v) is 2.59. The number of rotatable bonds is 2. The molecule has 0 aromatic carbocycles.